The van der Waals surface area contributed by atoms with Crippen LogP contribution in [0.25, 0.3) is 10.8 Å². The fourth-order valence-electron chi connectivity index (χ4n) is 2.51. The van der Waals surface area contributed by atoms with Crippen LogP contribution in [0, 0.1) is 0 Å². The highest BCUT2D eigenvalue weighted by molar-refractivity contribution is 5.84. The minimum absolute atomic E-state index is 0.0971. The van der Waals surface area contributed by atoms with Crippen LogP contribution < -0.4 is 5.32 Å². The Morgan fingerprint density at radius 2 is 1.79 bits per heavy atom. The van der Waals surface area contributed by atoms with Crippen molar-refractivity contribution in [2.75, 3.05) is 0 Å². The van der Waals surface area contributed by atoms with Gasteiger partial charge in [-0.05, 0) is 29.2 Å². The van der Waals surface area contributed by atoms with E-state index in [1.165, 1.54) is 0 Å². The van der Waals surface area contributed by atoms with Crippen molar-refractivity contribution in [3.05, 3.63) is 48.0 Å². The molecule has 1 unspecified atom stereocenters. The minimum Gasteiger partial charge on any atom is -0.480 e. The standard InChI is InChI=1S/C18H19F2NO3/c19-16(20)11-15(18(23)24)21-17(22)7-3-4-12-8-9-13-5-1-2-6-14(13)10-12/h1-2,5-6,8-10,15-16H,3-4,7,11H2,(H,21,22)(H,23,24). The summed E-state index contributed by atoms with van der Waals surface area (Å²) in [4.78, 5) is 22.6. The Balaban J connectivity index is 1.83. The summed E-state index contributed by atoms with van der Waals surface area (Å²) in [6, 6.07) is 12.4. The van der Waals surface area contributed by atoms with Crippen LogP contribution in [0.1, 0.15) is 24.8 Å². The van der Waals surface area contributed by atoms with Gasteiger partial charge in [-0.3, -0.25) is 4.79 Å². The molecule has 0 saturated carbocycles. The lowest BCUT2D eigenvalue weighted by atomic mass is 10.0. The van der Waals surface area contributed by atoms with Gasteiger partial charge in [0.25, 0.3) is 0 Å². The summed E-state index contributed by atoms with van der Waals surface area (Å²) in [5, 5.41) is 13.2. The fraction of sp³-hybridized carbons (Fsp3) is 0.333. The summed E-state index contributed by atoms with van der Waals surface area (Å²) >= 11 is 0. The average Bonchev–Trinajstić information content (AvgIpc) is 2.53. The first-order valence-electron chi connectivity index (χ1n) is 7.73. The molecule has 0 aliphatic carbocycles. The van der Waals surface area contributed by atoms with Crippen LogP contribution in [0.15, 0.2) is 42.5 Å². The average molecular weight is 335 g/mol. The lowest BCUT2D eigenvalue weighted by molar-refractivity contribution is -0.143. The Morgan fingerprint density at radius 3 is 2.46 bits per heavy atom. The molecule has 0 fully saturated rings. The van der Waals surface area contributed by atoms with Crippen molar-refractivity contribution < 1.29 is 23.5 Å². The molecule has 0 saturated heterocycles. The molecule has 2 rings (SSSR count). The van der Waals surface area contributed by atoms with Gasteiger partial charge in [-0.2, -0.15) is 0 Å². The third-order valence-electron chi connectivity index (χ3n) is 3.73. The number of carbonyl (C=O) groups excluding carboxylic acids is 1. The quantitative estimate of drug-likeness (QED) is 0.777. The molecule has 2 N–H and O–H groups in total. The molecule has 1 amide bonds. The van der Waals surface area contributed by atoms with Gasteiger partial charge < -0.3 is 10.4 Å². The maximum atomic E-state index is 12.3. The molecule has 0 spiro atoms. The van der Waals surface area contributed by atoms with E-state index in [-0.39, 0.29) is 6.42 Å². The van der Waals surface area contributed by atoms with E-state index >= 15 is 0 Å². The Hall–Kier alpha value is -2.50. The number of carboxylic acids is 1. The van der Waals surface area contributed by atoms with Crippen molar-refractivity contribution in [2.24, 2.45) is 0 Å². The van der Waals surface area contributed by atoms with Gasteiger partial charge in [-0.15, -0.1) is 0 Å². The monoisotopic (exact) mass is 335 g/mol. The van der Waals surface area contributed by atoms with Gasteiger partial charge in [0, 0.05) is 12.8 Å². The zero-order chi connectivity index (χ0) is 17.5. The topological polar surface area (TPSA) is 66.4 Å². The number of nitrogens with one attached hydrogen (secondary N) is 1. The van der Waals surface area contributed by atoms with Gasteiger partial charge in [-0.1, -0.05) is 42.5 Å². The number of hydrogen-bond acceptors (Lipinski definition) is 2. The second-order valence-corrected chi connectivity index (χ2v) is 5.62. The molecule has 4 nitrogen and oxygen atoms in total. The number of amides is 1. The van der Waals surface area contributed by atoms with Crippen LogP contribution in [-0.2, 0) is 16.0 Å². The molecule has 0 aliphatic heterocycles. The molecule has 6 heteroatoms. The first-order chi connectivity index (χ1) is 11.5. The maximum Gasteiger partial charge on any atom is 0.326 e. The first kappa shape index (κ1) is 17.8. The van der Waals surface area contributed by atoms with E-state index in [1.54, 1.807) is 0 Å². The zero-order valence-corrected chi connectivity index (χ0v) is 13.0. The van der Waals surface area contributed by atoms with Crippen molar-refractivity contribution in [3.63, 3.8) is 0 Å². The van der Waals surface area contributed by atoms with Gasteiger partial charge in [-0.25, -0.2) is 13.6 Å². The number of alkyl halides is 2. The summed E-state index contributed by atoms with van der Waals surface area (Å²) in [5.74, 6) is -1.97. The highest BCUT2D eigenvalue weighted by atomic mass is 19.3. The van der Waals surface area contributed by atoms with Crippen LogP contribution in [0.5, 0.6) is 0 Å². The number of benzene rings is 2. The van der Waals surface area contributed by atoms with Crippen molar-refractivity contribution in [1.82, 2.24) is 5.32 Å². The summed E-state index contributed by atoms with van der Waals surface area (Å²) in [6.45, 7) is 0. The van der Waals surface area contributed by atoms with Crippen molar-refractivity contribution >= 4 is 22.6 Å². The normalized spacial score (nSPS) is 12.3. The zero-order valence-electron chi connectivity index (χ0n) is 13.0. The number of carboxylic acid groups (broad SMARTS) is 1. The van der Waals surface area contributed by atoms with Crippen LogP contribution in [0.4, 0.5) is 8.78 Å². The molecule has 0 radical (unpaired) electrons. The Bertz CT molecular complexity index is 718. The lowest BCUT2D eigenvalue weighted by Crippen LogP contribution is -2.41. The number of hydrogen-bond donors (Lipinski definition) is 2. The van der Waals surface area contributed by atoms with Gasteiger partial charge in [0.15, 0.2) is 0 Å². The maximum absolute atomic E-state index is 12.3. The second kappa shape index (κ2) is 8.38. The highest BCUT2D eigenvalue weighted by Crippen LogP contribution is 2.17. The largest absolute Gasteiger partial charge is 0.480 e. The molecule has 1 atom stereocenters. The molecule has 2 aromatic rings. The predicted molar refractivity (Wildman–Crippen MR) is 87.1 cm³/mol. The molecular weight excluding hydrogens is 316 g/mol. The number of fused-ring (bicyclic) bond motifs is 1. The summed E-state index contributed by atoms with van der Waals surface area (Å²) in [5.41, 5.74) is 1.07. The van der Waals surface area contributed by atoms with E-state index in [2.05, 4.69) is 5.32 Å². The van der Waals surface area contributed by atoms with Gasteiger partial charge in [0.05, 0.1) is 0 Å². The Kier molecular flexibility index (Phi) is 6.23. The van der Waals surface area contributed by atoms with Crippen LogP contribution >= 0.6 is 0 Å². The predicted octanol–water partition coefficient (Wildman–Crippen LogP) is 3.39. The van der Waals surface area contributed by atoms with Gasteiger partial charge in [0.1, 0.15) is 6.04 Å². The number of carbonyl (C=O) groups is 2. The second-order valence-electron chi connectivity index (χ2n) is 5.62. The molecule has 2 aromatic carbocycles. The molecule has 0 heterocycles. The number of halogens is 2. The summed E-state index contributed by atoms with van der Waals surface area (Å²) < 4.78 is 24.6. The number of rotatable bonds is 8. The Morgan fingerprint density at radius 1 is 1.08 bits per heavy atom. The molecule has 0 bridgehead atoms. The van der Waals surface area contributed by atoms with Gasteiger partial charge in [0.2, 0.25) is 12.3 Å². The molecular formula is C18H19F2NO3. The smallest absolute Gasteiger partial charge is 0.326 e. The SMILES string of the molecule is O=C(CCCc1ccc2ccccc2c1)NC(CC(F)F)C(=O)O. The molecule has 0 aromatic heterocycles. The van der Waals surface area contributed by atoms with E-state index in [0.29, 0.717) is 12.8 Å². The molecule has 0 aliphatic rings. The fourth-order valence-corrected chi connectivity index (χ4v) is 2.51. The van der Waals surface area contributed by atoms with Crippen LogP contribution in [-0.4, -0.2) is 29.5 Å². The van der Waals surface area contributed by atoms with E-state index in [0.717, 1.165) is 16.3 Å². The first-order valence-corrected chi connectivity index (χ1v) is 7.73. The minimum atomic E-state index is -2.77. The van der Waals surface area contributed by atoms with Crippen molar-refractivity contribution in [3.8, 4) is 0 Å². The van der Waals surface area contributed by atoms with Crippen LogP contribution in [0.2, 0.25) is 0 Å². The van der Waals surface area contributed by atoms with E-state index in [4.69, 9.17) is 5.11 Å². The van der Waals surface area contributed by atoms with E-state index in [9.17, 15) is 18.4 Å². The molecule has 128 valence electrons. The number of aryl methyl sites for hydroxylation is 1. The van der Waals surface area contributed by atoms with Gasteiger partial charge >= 0.3 is 5.97 Å². The van der Waals surface area contributed by atoms with E-state index < -0.39 is 30.8 Å². The van der Waals surface area contributed by atoms with Crippen molar-refractivity contribution in [1.29, 1.82) is 0 Å². The third kappa shape index (κ3) is 5.30. The third-order valence-corrected chi connectivity index (χ3v) is 3.73. The number of aliphatic carboxylic acids is 1. The summed E-state index contributed by atoms with van der Waals surface area (Å²) in [7, 11) is 0. The Labute approximate surface area is 138 Å². The molecule has 24 heavy (non-hydrogen) atoms. The highest BCUT2D eigenvalue weighted by Gasteiger charge is 2.23. The lowest BCUT2D eigenvalue weighted by Gasteiger charge is -2.13. The summed E-state index contributed by atoms with van der Waals surface area (Å²) in [6.07, 6.45) is -2.38. The van der Waals surface area contributed by atoms with Crippen molar-refractivity contribution in [2.45, 2.75) is 38.2 Å². The van der Waals surface area contributed by atoms with E-state index in [1.807, 2.05) is 42.5 Å². The van der Waals surface area contributed by atoms with Crippen LogP contribution in [0.3, 0.4) is 0 Å².